The molecule has 1 aromatic heterocycles. The van der Waals surface area contributed by atoms with Crippen LogP contribution in [0.4, 0.5) is 4.79 Å². The maximum absolute atomic E-state index is 11.5. The summed E-state index contributed by atoms with van der Waals surface area (Å²) in [7, 11) is 0. The van der Waals surface area contributed by atoms with E-state index in [1.807, 2.05) is 18.2 Å². The number of carbonyl (C=O) groups excluding carboxylic acids is 1. The van der Waals surface area contributed by atoms with Gasteiger partial charge in [0.2, 0.25) is 0 Å². The number of hydrogen-bond donors (Lipinski definition) is 4. The second-order valence-corrected chi connectivity index (χ2v) is 4.75. The second kappa shape index (κ2) is 7.44. The van der Waals surface area contributed by atoms with E-state index in [2.05, 4.69) is 15.6 Å². The van der Waals surface area contributed by atoms with Gasteiger partial charge in [-0.05, 0) is 19.1 Å². The first-order valence-electron chi connectivity index (χ1n) is 6.25. The Bertz CT molecular complexity index is 448. The van der Waals surface area contributed by atoms with Crippen molar-refractivity contribution in [3.63, 3.8) is 0 Å². The first-order chi connectivity index (χ1) is 9.39. The van der Waals surface area contributed by atoms with Gasteiger partial charge >= 0.3 is 12.0 Å². The Balaban J connectivity index is 2.22. The zero-order valence-corrected chi connectivity index (χ0v) is 11.3. The summed E-state index contributed by atoms with van der Waals surface area (Å²) in [6.07, 6.45) is 1.85. The lowest BCUT2D eigenvalue weighted by Crippen LogP contribution is -2.46. The van der Waals surface area contributed by atoms with Crippen molar-refractivity contribution in [1.82, 2.24) is 15.6 Å². The first kappa shape index (κ1) is 15.9. The molecule has 0 radical (unpaired) electrons. The highest BCUT2D eigenvalue weighted by molar-refractivity contribution is 5.74. The number of aromatic nitrogens is 1. The average Bonchev–Trinajstić information content (AvgIpc) is 2.36. The van der Waals surface area contributed by atoms with Gasteiger partial charge in [-0.2, -0.15) is 0 Å². The molecule has 1 unspecified atom stereocenters. The largest absolute Gasteiger partial charge is 0.481 e. The zero-order valence-electron chi connectivity index (χ0n) is 11.3. The summed E-state index contributed by atoms with van der Waals surface area (Å²) in [6.45, 7) is 1.63. The summed E-state index contributed by atoms with van der Waals surface area (Å²) in [6, 6.07) is 5.09. The number of carboxylic acids is 1. The predicted octanol–water partition coefficient (Wildman–Crippen LogP) is 0.149. The molecule has 0 aliphatic carbocycles. The number of nitrogens with one attached hydrogen (secondary N) is 2. The molecule has 1 rings (SSSR count). The number of aliphatic hydroxyl groups is 1. The van der Waals surface area contributed by atoms with Crippen molar-refractivity contribution in [2.75, 3.05) is 13.1 Å². The number of pyridine rings is 1. The summed E-state index contributed by atoms with van der Waals surface area (Å²) in [5.74, 6) is -1.12. The molecule has 7 nitrogen and oxygen atoms in total. The van der Waals surface area contributed by atoms with E-state index in [9.17, 15) is 14.7 Å². The van der Waals surface area contributed by atoms with Crippen LogP contribution in [0.5, 0.6) is 0 Å². The highest BCUT2D eigenvalue weighted by Crippen LogP contribution is 2.06. The van der Waals surface area contributed by atoms with E-state index in [4.69, 9.17) is 5.11 Å². The Hall–Kier alpha value is -2.15. The second-order valence-electron chi connectivity index (χ2n) is 4.75. The Morgan fingerprint density at radius 2 is 2.10 bits per heavy atom. The zero-order chi connectivity index (χ0) is 15.0. The summed E-state index contributed by atoms with van der Waals surface area (Å²) < 4.78 is 0. The van der Waals surface area contributed by atoms with Crippen LogP contribution in [0.1, 0.15) is 19.0 Å². The van der Waals surface area contributed by atoms with E-state index in [0.717, 1.165) is 5.69 Å². The molecular weight excluding hydrogens is 262 g/mol. The number of carboxylic acid groups (broad SMARTS) is 1. The quantitative estimate of drug-likeness (QED) is 0.568. The third kappa shape index (κ3) is 6.69. The van der Waals surface area contributed by atoms with Gasteiger partial charge in [0.05, 0.1) is 12.0 Å². The van der Waals surface area contributed by atoms with Crippen LogP contribution in [0.25, 0.3) is 0 Å². The molecule has 20 heavy (non-hydrogen) atoms. The van der Waals surface area contributed by atoms with Gasteiger partial charge in [0.25, 0.3) is 0 Å². The third-order valence-corrected chi connectivity index (χ3v) is 2.55. The lowest BCUT2D eigenvalue weighted by Gasteiger charge is -2.21. The van der Waals surface area contributed by atoms with Crippen molar-refractivity contribution in [2.24, 2.45) is 0 Å². The molecule has 2 amide bonds. The van der Waals surface area contributed by atoms with Crippen LogP contribution < -0.4 is 10.6 Å². The number of hydrogen-bond acceptors (Lipinski definition) is 4. The van der Waals surface area contributed by atoms with Crippen molar-refractivity contribution in [2.45, 2.75) is 25.4 Å². The Kier molecular flexibility index (Phi) is 5.92. The Morgan fingerprint density at radius 3 is 2.70 bits per heavy atom. The molecule has 0 aromatic carbocycles. The van der Waals surface area contributed by atoms with Crippen LogP contribution in [0, 0.1) is 0 Å². The SMILES string of the molecule is CC(O)(CNC(=O)NCCc1ccccn1)CC(=O)O. The molecule has 0 fully saturated rings. The maximum Gasteiger partial charge on any atom is 0.314 e. The number of aliphatic carboxylic acids is 1. The minimum Gasteiger partial charge on any atom is -0.481 e. The van der Waals surface area contributed by atoms with Gasteiger partial charge in [0, 0.05) is 31.4 Å². The van der Waals surface area contributed by atoms with Crippen molar-refractivity contribution < 1.29 is 19.8 Å². The van der Waals surface area contributed by atoms with Crippen molar-refractivity contribution in [3.05, 3.63) is 30.1 Å². The molecule has 0 saturated heterocycles. The molecule has 110 valence electrons. The molecule has 7 heteroatoms. The van der Waals surface area contributed by atoms with Crippen molar-refractivity contribution in [1.29, 1.82) is 0 Å². The highest BCUT2D eigenvalue weighted by atomic mass is 16.4. The fraction of sp³-hybridized carbons (Fsp3) is 0.462. The molecule has 1 atom stereocenters. The van der Waals surface area contributed by atoms with Crippen LogP contribution in [0.3, 0.4) is 0 Å². The lowest BCUT2D eigenvalue weighted by molar-refractivity contribution is -0.141. The van der Waals surface area contributed by atoms with Crippen LogP contribution in [0.2, 0.25) is 0 Å². The summed E-state index contributed by atoms with van der Waals surface area (Å²) in [5.41, 5.74) is -0.602. The van der Waals surface area contributed by atoms with Crippen LogP contribution in [-0.4, -0.2) is 45.9 Å². The van der Waals surface area contributed by atoms with E-state index in [0.29, 0.717) is 13.0 Å². The van der Waals surface area contributed by atoms with Gasteiger partial charge in [-0.3, -0.25) is 9.78 Å². The fourth-order valence-electron chi connectivity index (χ4n) is 1.57. The maximum atomic E-state index is 11.5. The van der Waals surface area contributed by atoms with E-state index >= 15 is 0 Å². The van der Waals surface area contributed by atoms with Gasteiger partial charge < -0.3 is 20.8 Å². The minimum atomic E-state index is -1.47. The summed E-state index contributed by atoms with van der Waals surface area (Å²) in [4.78, 5) is 26.1. The Morgan fingerprint density at radius 1 is 1.35 bits per heavy atom. The fourth-order valence-corrected chi connectivity index (χ4v) is 1.57. The number of nitrogens with zero attached hydrogens (tertiary/aromatic N) is 1. The van der Waals surface area contributed by atoms with Crippen LogP contribution in [-0.2, 0) is 11.2 Å². The lowest BCUT2D eigenvalue weighted by atomic mass is 10.0. The first-order valence-corrected chi connectivity index (χ1v) is 6.25. The standard InChI is InChI=1S/C13H19N3O4/c1-13(20,8-11(17)18)9-16-12(19)15-7-5-10-4-2-3-6-14-10/h2-4,6,20H,5,7-9H2,1H3,(H,17,18)(H2,15,16,19). The molecule has 0 spiro atoms. The molecule has 0 saturated carbocycles. The van der Waals surface area contributed by atoms with Gasteiger partial charge in [-0.15, -0.1) is 0 Å². The van der Waals surface area contributed by atoms with E-state index in [1.54, 1.807) is 6.20 Å². The smallest absolute Gasteiger partial charge is 0.314 e. The van der Waals surface area contributed by atoms with Gasteiger partial charge in [-0.1, -0.05) is 6.07 Å². The Labute approximate surface area is 117 Å². The highest BCUT2D eigenvalue weighted by Gasteiger charge is 2.24. The van der Waals surface area contributed by atoms with Gasteiger partial charge in [0.15, 0.2) is 0 Å². The normalized spacial score (nSPS) is 13.3. The molecule has 1 aromatic rings. The van der Waals surface area contributed by atoms with E-state index in [1.165, 1.54) is 6.92 Å². The predicted molar refractivity (Wildman–Crippen MR) is 72.2 cm³/mol. The van der Waals surface area contributed by atoms with Gasteiger partial charge in [-0.25, -0.2) is 4.79 Å². The monoisotopic (exact) mass is 281 g/mol. The minimum absolute atomic E-state index is 0.130. The molecule has 0 bridgehead atoms. The third-order valence-electron chi connectivity index (χ3n) is 2.55. The number of rotatable bonds is 7. The summed E-state index contributed by atoms with van der Waals surface area (Å²) in [5, 5.41) is 23.3. The number of carbonyl (C=O) groups is 2. The molecule has 0 aliphatic heterocycles. The number of urea groups is 1. The summed E-state index contributed by atoms with van der Waals surface area (Å²) >= 11 is 0. The van der Waals surface area contributed by atoms with Crippen LogP contribution in [0.15, 0.2) is 24.4 Å². The van der Waals surface area contributed by atoms with E-state index in [-0.39, 0.29) is 6.54 Å². The molecule has 4 N–H and O–H groups in total. The van der Waals surface area contributed by atoms with Crippen molar-refractivity contribution >= 4 is 12.0 Å². The van der Waals surface area contributed by atoms with Gasteiger partial charge in [0.1, 0.15) is 0 Å². The number of amides is 2. The van der Waals surface area contributed by atoms with Crippen molar-refractivity contribution in [3.8, 4) is 0 Å². The average molecular weight is 281 g/mol. The van der Waals surface area contributed by atoms with E-state index < -0.39 is 24.0 Å². The molecular formula is C13H19N3O4. The molecule has 1 heterocycles. The molecule has 0 aliphatic rings. The van der Waals surface area contributed by atoms with Crippen LogP contribution >= 0.6 is 0 Å². The topological polar surface area (TPSA) is 112 Å².